The van der Waals surface area contributed by atoms with E-state index in [0.29, 0.717) is 12.5 Å². The molecule has 0 atom stereocenters. The second-order valence-corrected chi connectivity index (χ2v) is 6.08. The first-order valence-electron chi connectivity index (χ1n) is 7.09. The second kappa shape index (κ2) is 5.73. The number of rotatable bonds is 3. The largest absolute Gasteiger partial charge is 0.494 e. The van der Waals surface area contributed by atoms with Crippen molar-refractivity contribution in [3.8, 4) is 5.75 Å². The van der Waals surface area contributed by atoms with Crippen molar-refractivity contribution in [1.29, 1.82) is 0 Å². The highest BCUT2D eigenvalue weighted by molar-refractivity contribution is 5.69. The Morgan fingerprint density at radius 1 is 1.25 bits per heavy atom. The summed E-state index contributed by atoms with van der Waals surface area (Å²) in [5, 5.41) is 0. The van der Waals surface area contributed by atoms with Gasteiger partial charge in [-0.05, 0) is 45.4 Å². The summed E-state index contributed by atoms with van der Waals surface area (Å²) in [7, 11) is 0. The van der Waals surface area contributed by atoms with Gasteiger partial charge in [0.25, 0.3) is 0 Å². The molecule has 4 heteroatoms. The van der Waals surface area contributed by atoms with Gasteiger partial charge in [-0.1, -0.05) is 12.1 Å². The smallest absolute Gasteiger partial charge is 0.410 e. The summed E-state index contributed by atoms with van der Waals surface area (Å²) in [4.78, 5) is 13.6. The van der Waals surface area contributed by atoms with Crippen molar-refractivity contribution >= 4 is 6.09 Å². The Morgan fingerprint density at radius 3 is 2.35 bits per heavy atom. The molecule has 0 bridgehead atoms. The van der Waals surface area contributed by atoms with E-state index in [1.807, 2.05) is 39.8 Å². The van der Waals surface area contributed by atoms with Crippen LogP contribution in [0.15, 0.2) is 24.3 Å². The van der Waals surface area contributed by atoms with Gasteiger partial charge in [0, 0.05) is 19.0 Å². The minimum absolute atomic E-state index is 0.223. The van der Waals surface area contributed by atoms with E-state index < -0.39 is 5.60 Å². The molecule has 20 heavy (non-hydrogen) atoms. The predicted octanol–water partition coefficient (Wildman–Crippen LogP) is 3.42. The summed E-state index contributed by atoms with van der Waals surface area (Å²) >= 11 is 0. The van der Waals surface area contributed by atoms with Gasteiger partial charge in [-0.2, -0.15) is 0 Å². The maximum Gasteiger partial charge on any atom is 0.410 e. The zero-order chi connectivity index (χ0) is 14.8. The van der Waals surface area contributed by atoms with E-state index in [9.17, 15) is 4.79 Å². The highest BCUT2D eigenvalue weighted by Crippen LogP contribution is 2.29. The lowest BCUT2D eigenvalue weighted by atomic mass is 9.92. The Bertz CT molecular complexity index is 456. The third kappa shape index (κ3) is 3.65. The van der Waals surface area contributed by atoms with Gasteiger partial charge in [0.2, 0.25) is 0 Å². The lowest BCUT2D eigenvalue weighted by Gasteiger charge is -2.40. The Labute approximate surface area is 120 Å². The standard InChI is InChI=1S/C16H23NO3/c1-5-19-14-8-6-12(7-9-14)13-10-17(11-13)15(18)20-16(2,3)4/h6-9,13H,5,10-11H2,1-4H3. The van der Waals surface area contributed by atoms with Crippen LogP contribution >= 0.6 is 0 Å². The minimum Gasteiger partial charge on any atom is -0.494 e. The van der Waals surface area contributed by atoms with Crippen LogP contribution in [0.2, 0.25) is 0 Å². The van der Waals surface area contributed by atoms with E-state index in [2.05, 4.69) is 12.1 Å². The van der Waals surface area contributed by atoms with Gasteiger partial charge < -0.3 is 14.4 Å². The molecule has 1 saturated heterocycles. The summed E-state index contributed by atoms with van der Waals surface area (Å²) in [6.07, 6.45) is -0.223. The molecule has 0 aliphatic carbocycles. The first-order valence-corrected chi connectivity index (χ1v) is 7.09. The van der Waals surface area contributed by atoms with Crippen molar-refractivity contribution in [2.24, 2.45) is 0 Å². The molecule has 1 aromatic rings. The van der Waals surface area contributed by atoms with E-state index in [0.717, 1.165) is 18.8 Å². The third-order valence-corrected chi connectivity index (χ3v) is 3.20. The molecule has 0 aromatic heterocycles. The monoisotopic (exact) mass is 277 g/mol. The fourth-order valence-electron chi connectivity index (χ4n) is 2.17. The maximum absolute atomic E-state index is 11.8. The molecule has 1 aliphatic rings. The van der Waals surface area contributed by atoms with Crippen LogP contribution in [0.1, 0.15) is 39.2 Å². The fourth-order valence-corrected chi connectivity index (χ4v) is 2.17. The molecule has 110 valence electrons. The van der Waals surface area contributed by atoms with Crippen LogP contribution in [0.5, 0.6) is 5.75 Å². The molecule has 0 spiro atoms. The molecule has 1 aromatic carbocycles. The zero-order valence-electron chi connectivity index (χ0n) is 12.7. The van der Waals surface area contributed by atoms with Gasteiger partial charge in [-0.25, -0.2) is 4.79 Å². The molecule has 1 fully saturated rings. The highest BCUT2D eigenvalue weighted by atomic mass is 16.6. The summed E-state index contributed by atoms with van der Waals surface area (Å²) in [5.74, 6) is 1.29. The van der Waals surface area contributed by atoms with Gasteiger partial charge >= 0.3 is 6.09 Å². The van der Waals surface area contributed by atoms with Crippen LogP contribution in [0.4, 0.5) is 4.79 Å². The van der Waals surface area contributed by atoms with Crippen molar-refractivity contribution in [3.05, 3.63) is 29.8 Å². The first-order chi connectivity index (χ1) is 9.39. The molecule has 1 heterocycles. The number of nitrogens with zero attached hydrogens (tertiary/aromatic N) is 1. The summed E-state index contributed by atoms with van der Waals surface area (Å²) in [5.41, 5.74) is 0.815. The lowest BCUT2D eigenvalue weighted by molar-refractivity contribution is 0.00819. The zero-order valence-corrected chi connectivity index (χ0v) is 12.7. The number of hydrogen-bond acceptors (Lipinski definition) is 3. The number of carbonyl (C=O) groups is 1. The number of carbonyl (C=O) groups excluding carboxylic acids is 1. The minimum atomic E-state index is -0.429. The summed E-state index contributed by atoms with van der Waals surface area (Å²) < 4.78 is 10.8. The van der Waals surface area contributed by atoms with Crippen LogP contribution < -0.4 is 4.74 Å². The summed E-state index contributed by atoms with van der Waals surface area (Å²) in [6.45, 7) is 9.75. The van der Waals surface area contributed by atoms with Crippen molar-refractivity contribution < 1.29 is 14.3 Å². The van der Waals surface area contributed by atoms with Crippen LogP contribution in [0.3, 0.4) is 0 Å². The molecular weight excluding hydrogens is 254 g/mol. The Morgan fingerprint density at radius 2 is 1.85 bits per heavy atom. The molecule has 0 N–H and O–H groups in total. The Balaban J connectivity index is 1.85. The van der Waals surface area contributed by atoms with Crippen molar-refractivity contribution in [1.82, 2.24) is 4.90 Å². The van der Waals surface area contributed by atoms with E-state index >= 15 is 0 Å². The first kappa shape index (κ1) is 14.7. The molecular formula is C16H23NO3. The average Bonchev–Trinajstić information content (AvgIpc) is 2.27. The number of hydrogen-bond donors (Lipinski definition) is 0. The number of likely N-dealkylation sites (tertiary alicyclic amines) is 1. The van der Waals surface area contributed by atoms with Gasteiger partial charge in [-0.15, -0.1) is 0 Å². The molecule has 0 unspecified atom stereocenters. The van der Waals surface area contributed by atoms with Crippen molar-refractivity contribution in [2.75, 3.05) is 19.7 Å². The highest BCUT2D eigenvalue weighted by Gasteiger charge is 2.34. The maximum atomic E-state index is 11.8. The summed E-state index contributed by atoms with van der Waals surface area (Å²) in [6, 6.07) is 8.11. The number of amides is 1. The third-order valence-electron chi connectivity index (χ3n) is 3.20. The van der Waals surface area contributed by atoms with Crippen LogP contribution in [-0.4, -0.2) is 36.3 Å². The van der Waals surface area contributed by atoms with E-state index in [1.54, 1.807) is 4.90 Å². The normalized spacial score (nSPS) is 15.7. The van der Waals surface area contributed by atoms with Crippen LogP contribution in [0, 0.1) is 0 Å². The molecule has 0 radical (unpaired) electrons. The Hall–Kier alpha value is -1.71. The van der Waals surface area contributed by atoms with E-state index in [-0.39, 0.29) is 6.09 Å². The number of benzene rings is 1. The SMILES string of the molecule is CCOc1ccc(C2CN(C(=O)OC(C)(C)C)C2)cc1. The molecule has 1 amide bonds. The van der Waals surface area contributed by atoms with Gasteiger partial charge in [-0.3, -0.25) is 0 Å². The van der Waals surface area contributed by atoms with E-state index in [1.165, 1.54) is 5.56 Å². The molecule has 1 aliphatic heterocycles. The van der Waals surface area contributed by atoms with Gasteiger partial charge in [0.05, 0.1) is 6.61 Å². The van der Waals surface area contributed by atoms with Crippen molar-refractivity contribution in [2.45, 2.75) is 39.2 Å². The van der Waals surface area contributed by atoms with Crippen LogP contribution in [-0.2, 0) is 4.74 Å². The second-order valence-electron chi connectivity index (χ2n) is 6.08. The fraction of sp³-hybridized carbons (Fsp3) is 0.562. The molecule has 2 rings (SSSR count). The van der Waals surface area contributed by atoms with Crippen molar-refractivity contribution in [3.63, 3.8) is 0 Å². The topological polar surface area (TPSA) is 38.8 Å². The van der Waals surface area contributed by atoms with Crippen LogP contribution in [0.25, 0.3) is 0 Å². The predicted molar refractivity (Wildman–Crippen MR) is 78.2 cm³/mol. The van der Waals surface area contributed by atoms with E-state index in [4.69, 9.17) is 9.47 Å². The number of ether oxygens (including phenoxy) is 2. The Kier molecular flexibility index (Phi) is 4.21. The molecule has 0 saturated carbocycles. The average molecular weight is 277 g/mol. The van der Waals surface area contributed by atoms with Gasteiger partial charge in [0.15, 0.2) is 0 Å². The molecule has 4 nitrogen and oxygen atoms in total. The lowest BCUT2D eigenvalue weighted by Crippen LogP contribution is -2.50. The van der Waals surface area contributed by atoms with Gasteiger partial charge in [0.1, 0.15) is 11.4 Å². The quantitative estimate of drug-likeness (QED) is 0.849.